The Morgan fingerprint density at radius 2 is 1.89 bits per heavy atom. The molecular weight excluding hydrogens is 434 g/mol. The zero-order chi connectivity index (χ0) is 19.6. The van der Waals surface area contributed by atoms with E-state index in [1.54, 1.807) is 6.07 Å². The Morgan fingerprint density at radius 1 is 1.19 bits per heavy atom. The molecule has 0 aliphatic carbocycles. The number of hydrogen-bond donors (Lipinski definition) is 2. The van der Waals surface area contributed by atoms with Crippen LogP contribution in [0.2, 0.25) is 0 Å². The van der Waals surface area contributed by atoms with Crippen molar-refractivity contribution in [1.82, 2.24) is 9.62 Å². The van der Waals surface area contributed by atoms with Crippen molar-refractivity contribution in [3.05, 3.63) is 58.1 Å². The Balaban J connectivity index is 1.76. The monoisotopic (exact) mass is 451 g/mol. The molecule has 2 N–H and O–H groups in total. The summed E-state index contributed by atoms with van der Waals surface area (Å²) >= 11 is 3.37. The van der Waals surface area contributed by atoms with Gasteiger partial charge in [-0.3, -0.25) is 9.59 Å². The number of halogens is 1. The molecule has 0 aromatic heterocycles. The van der Waals surface area contributed by atoms with E-state index < -0.39 is 10.0 Å². The fourth-order valence-corrected chi connectivity index (χ4v) is 4.58. The minimum Gasteiger partial charge on any atom is -0.354 e. The number of nitrogens with zero attached hydrogens (tertiary/aromatic N) is 1. The highest BCUT2D eigenvalue weighted by Crippen LogP contribution is 2.21. The van der Waals surface area contributed by atoms with E-state index in [4.69, 9.17) is 0 Å². The van der Waals surface area contributed by atoms with E-state index in [9.17, 15) is 18.0 Å². The molecule has 1 aliphatic heterocycles. The van der Waals surface area contributed by atoms with Crippen LogP contribution >= 0.6 is 15.9 Å². The van der Waals surface area contributed by atoms with E-state index in [2.05, 4.69) is 26.6 Å². The van der Waals surface area contributed by atoms with Crippen LogP contribution < -0.4 is 10.6 Å². The number of nitrogens with one attached hydrogen (secondary N) is 2. The quantitative estimate of drug-likeness (QED) is 0.743. The molecule has 1 fully saturated rings. The second-order valence-electron chi connectivity index (χ2n) is 6.13. The van der Waals surface area contributed by atoms with Crippen LogP contribution in [0.1, 0.15) is 15.9 Å². The highest BCUT2D eigenvalue weighted by Gasteiger charge is 2.29. The lowest BCUT2D eigenvalue weighted by Gasteiger charge is -2.25. The largest absolute Gasteiger partial charge is 0.354 e. The molecule has 2 aromatic rings. The smallest absolute Gasteiger partial charge is 0.255 e. The van der Waals surface area contributed by atoms with Gasteiger partial charge in [-0.1, -0.05) is 15.9 Å². The Kier molecular flexibility index (Phi) is 5.64. The normalized spacial score (nSPS) is 15.3. The van der Waals surface area contributed by atoms with Crippen LogP contribution in [0, 0.1) is 6.92 Å². The number of anilines is 1. The summed E-state index contributed by atoms with van der Waals surface area (Å²) < 4.78 is 27.3. The molecule has 1 aliphatic rings. The average molecular weight is 452 g/mol. The molecule has 2 aromatic carbocycles. The molecule has 7 nitrogen and oxygen atoms in total. The van der Waals surface area contributed by atoms with Gasteiger partial charge in [0.1, 0.15) is 0 Å². The van der Waals surface area contributed by atoms with E-state index in [0.717, 1.165) is 14.3 Å². The topological polar surface area (TPSA) is 95.6 Å². The van der Waals surface area contributed by atoms with Crippen molar-refractivity contribution >= 4 is 43.5 Å². The number of sulfonamides is 1. The molecule has 9 heteroatoms. The minimum atomic E-state index is -3.77. The fourth-order valence-electron chi connectivity index (χ4n) is 2.71. The molecule has 1 heterocycles. The zero-order valence-electron chi connectivity index (χ0n) is 14.5. The molecule has 3 rings (SSSR count). The van der Waals surface area contributed by atoms with E-state index in [1.165, 1.54) is 24.3 Å². The maximum Gasteiger partial charge on any atom is 0.255 e. The molecule has 0 unspecified atom stereocenters. The second kappa shape index (κ2) is 7.79. The molecule has 0 atom stereocenters. The van der Waals surface area contributed by atoms with Crippen LogP contribution in [0.4, 0.5) is 5.69 Å². The Labute approximate surface area is 165 Å². The summed E-state index contributed by atoms with van der Waals surface area (Å²) in [5, 5.41) is 5.40. The number of carbonyl (C=O) groups excluding carboxylic acids is 2. The van der Waals surface area contributed by atoms with Gasteiger partial charge in [-0.15, -0.1) is 0 Å². The predicted molar refractivity (Wildman–Crippen MR) is 105 cm³/mol. The lowest BCUT2D eigenvalue weighted by Crippen LogP contribution is -2.49. The number of rotatable bonds is 4. The van der Waals surface area contributed by atoms with Gasteiger partial charge in [0.25, 0.3) is 5.91 Å². The third-order valence-corrected chi connectivity index (χ3v) is 6.55. The molecule has 142 valence electrons. The van der Waals surface area contributed by atoms with Crippen LogP contribution in [0.15, 0.2) is 51.8 Å². The predicted octanol–water partition coefficient (Wildman–Crippen LogP) is 2.13. The molecule has 0 spiro atoms. The van der Waals surface area contributed by atoms with Crippen LogP contribution in [0.5, 0.6) is 0 Å². The highest BCUT2D eigenvalue weighted by atomic mass is 79.9. The van der Waals surface area contributed by atoms with Crippen molar-refractivity contribution in [2.45, 2.75) is 11.8 Å². The number of amides is 2. The molecule has 27 heavy (non-hydrogen) atoms. The van der Waals surface area contributed by atoms with Gasteiger partial charge in [0.05, 0.1) is 11.4 Å². The molecule has 1 saturated heterocycles. The SMILES string of the molecule is Cc1cc(Br)ccc1NC(=O)c1ccc(S(=O)(=O)N2CCNC(=O)C2)cc1. The maximum absolute atomic E-state index is 12.6. The van der Waals surface area contributed by atoms with Crippen LogP contribution in [0.25, 0.3) is 0 Å². The van der Waals surface area contributed by atoms with Gasteiger partial charge < -0.3 is 10.6 Å². The van der Waals surface area contributed by atoms with Gasteiger partial charge in [0.2, 0.25) is 15.9 Å². The first-order chi connectivity index (χ1) is 12.8. The van der Waals surface area contributed by atoms with E-state index in [-0.39, 0.29) is 36.3 Å². The Bertz CT molecular complexity index is 990. The van der Waals surface area contributed by atoms with Crippen molar-refractivity contribution in [2.24, 2.45) is 0 Å². The Hall–Kier alpha value is -2.23. The molecule has 2 amide bonds. The van der Waals surface area contributed by atoms with Gasteiger partial charge >= 0.3 is 0 Å². The van der Waals surface area contributed by atoms with Gasteiger partial charge in [-0.05, 0) is 55.0 Å². The van der Waals surface area contributed by atoms with E-state index in [0.29, 0.717) is 11.3 Å². The molecular formula is C18H18BrN3O4S. The van der Waals surface area contributed by atoms with E-state index >= 15 is 0 Å². The number of piperazine rings is 1. The molecule has 0 saturated carbocycles. The zero-order valence-corrected chi connectivity index (χ0v) is 16.9. The summed E-state index contributed by atoms with van der Waals surface area (Å²) in [5.74, 6) is -0.660. The van der Waals surface area contributed by atoms with Gasteiger partial charge in [-0.25, -0.2) is 8.42 Å². The average Bonchev–Trinajstić information content (AvgIpc) is 2.64. The third-order valence-electron chi connectivity index (χ3n) is 4.19. The minimum absolute atomic E-state index is 0.0496. The van der Waals surface area contributed by atoms with Gasteiger partial charge in [-0.2, -0.15) is 4.31 Å². The molecule has 0 radical (unpaired) electrons. The third kappa shape index (κ3) is 4.37. The van der Waals surface area contributed by atoms with E-state index in [1.807, 2.05) is 19.1 Å². The summed E-state index contributed by atoms with van der Waals surface area (Å²) in [6.07, 6.45) is 0. The van der Waals surface area contributed by atoms with Crippen molar-refractivity contribution in [3.8, 4) is 0 Å². The number of carbonyl (C=O) groups is 2. The lowest BCUT2D eigenvalue weighted by molar-refractivity contribution is -0.122. The first-order valence-corrected chi connectivity index (χ1v) is 10.4. The van der Waals surface area contributed by atoms with Gasteiger partial charge in [0.15, 0.2) is 0 Å². The summed E-state index contributed by atoms with van der Waals surface area (Å²) in [5.41, 5.74) is 1.92. The van der Waals surface area contributed by atoms with Crippen molar-refractivity contribution < 1.29 is 18.0 Å². The Morgan fingerprint density at radius 3 is 2.52 bits per heavy atom. The summed E-state index contributed by atoms with van der Waals surface area (Å²) in [4.78, 5) is 23.9. The highest BCUT2D eigenvalue weighted by molar-refractivity contribution is 9.10. The van der Waals surface area contributed by atoms with Gasteiger partial charge in [0, 0.05) is 28.8 Å². The maximum atomic E-state index is 12.6. The summed E-state index contributed by atoms with van der Waals surface area (Å²) in [7, 11) is -3.77. The lowest BCUT2D eigenvalue weighted by atomic mass is 10.1. The van der Waals surface area contributed by atoms with Crippen LogP contribution in [-0.2, 0) is 14.8 Å². The number of benzene rings is 2. The first kappa shape index (κ1) is 19.5. The molecule has 0 bridgehead atoms. The standard InChI is InChI=1S/C18H18BrN3O4S/c1-12-10-14(19)4-7-16(12)21-18(24)13-2-5-15(6-3-13)27(25,26)22-9-8-20-17(23)11-22/h2-7,10H,8-9,11H2,1H3,(H,20,23)(H,21,24). The van der Waals surface area contributed by atoms with Crippen LogP contribution in [-0.4, -0.2) is 44.2 Å². The summed E-state index contributed by atoms with van der Waals surface area (Å²) in [6, 6.07) is 11.2. The fraction of sp³-hybridized carbons (Fsp3) is 0.222. The van der Waals surface area contributed by atoms with Crippen molar-refractivity contribution in [2.75, 3.05) is 25.0 Å². The number of hydrogen-bond acceptors (Lipinski definition) is 4. The van der Waals surface area contributed by atoms with Crippen LogP contribution in [0.3, 0.4) is 0 Å². The number of aryl methyl sites for hydroxylation is 1. The second-order valence-corrected chi connectivity index (χ2v) is 8.98. The summed E-state index contributed by atoms with van der Waals surface area (Å²) in [6.45, 7) is 2.18. The van der Waals surface area contributed by atoms with Crippen molar-refractivity contribution in [1.29, 1.82) is 0 Å². The first-order valence-electron chi connectivity index (χ1n) is 8.22. The van der Waals surface area contributed by atoms with Crippen molar-refractivity contribution in [3.63, 3.8) is 0 Å².